The number of carbonyl (C=O) groups excluding carboxylic acids is 1. The maximum atomic E-state index is 12.1. The van der Waals surface area contributed by atoms with Crippen molar-refractivity contribution in [2.24, 2.45) is 0 Å². The molecule has 1 aromatic carbocycles. The molecule has 0 atom stereocenters. The lowest BCUT2D eigenvalue weighted by Gasteiger charge is -2.07. The van der Waals surface area contributed by atoms with Crippen LogP contribution >= 0.6 is 34.5 Å². The highest BCUT2D eigenvalue weighted by Gasteiger charge is 2.13. The van der Waals surface area contributed by atoms with Crippen molar-refractivity contribution in [3.63, 3.8) is 0 Å². The van der Waals surface area contributed by atoms with Crippen LogP contribution in [0.15, 0.2) is 35.9 Å². The minimum atomic E-state index is -0.521. The van der Waals surface area contributed by atoms with E-state index < -0.39 is 5.91 Å². The summed E-state index contributed by atoms with van der Waals surface area (Å²) in [6, 6.07) is 10.6. The summed E-state index contributed by atoms with van der Waals surface area (Å²) < 4.78 is 0. The van der Waals surface area contributed by atoms with E-state index in [1.807, 2.05) is 25.1 Å². The number of anilines is 1. The third kappa shape index (κ3) is 3.85. The number of thiophene rings is 1. The third-order valence-corrected chi connectivity index (χ3v) is 4.38. The smallest absolute Gasteiger partial charge is 0.266 e. The number of amides is 1. The summed E-state index contributed by atoms with van der Waals surface area (Å²) in [7, 11) is 0. The predicted molar refractivity (Wildman–Crippen MR) is 87.7 cm³/mol. The molecule has 6 heteroatoms. The van der Waals surface area contributed by atoms with Gasteiger partial charge in [-0.2, -0.15) is 5.26 Å². The van der Waals surface area contributed by atoms with Crippen LogP contribution in [-0.2, 0) is 4.79 Å². The number of halogens is 2. The number of nitrogens with zero attached hydrogens (tertiary/aromatic N) is 1. The summed E-state index contributed by atoms with van der Waals surface area (Å²) in [5.74, 6) is -0.521. The molecule has 0 spiro atoms. The van der Waals surface area contributed by atoms with E-state index in [4.69, 9.17) is 28.5 Å². The average Bonchev–Trinajstić information content (AvgIpc) is 2.86. The van der Waals surface area contributed by atoms with E-state index in [2.05, 4.69) is 5.32 Å². The number of rotatable bonds is 3. The number of carbonyl (C=O) groups is 1. The highest BCUT2D eigenvalue weighted by atomic mass is 35.5. The first-order valence-electron chi connectivity index (χ1n) is 5.95. The lowest BCUT2D eigenvalue weighted by atomic mass is 10.2. The van der Waals surface area contributed by atoms with E-state index in [0.29, 0.717) is 10.7 Å². The van der Waals surface area contributed by atoms with Crippen LogP contribution in [-0.4, -0.2) is 5.91 Å². The molecule has 0 aliphatic carbocycles. The van der Waals surface area contributed by atoms with Crippen LogP contribution in [0.4, 0.5) is 5.69 Å². The SMILES string of the molecule is Cc1ccc(/C=C(\C#N)C(=O)Nc2cccc(Cl)c2Cl)s1. The van der Waals surface area contributed by atoms with E-state index >= 15 is 0 Å². The zero-order chi connectivity index (χ0) is 15.4. The molecule has 0 aliphatic heterocycles. The maximum Gasteiger partial charge on any atom is 0.266 e. The first-order chi connectivity index (χ1) is 10.0. The van der Waals surface area contributed by atoms with E-state index in [-0.39, 0.29) is 10.6 Å². The number of hydrogen-bond donors (Lipinski definition) is 1. The lowest BCUT2D eigenvalue weighted by Crippen LogP contribution is -2.13. The number of nitrogens with one attached hydrogen (secondary N) is 1. The van der Waals surface area contributed by atoms with Gasteiger partial charge in [0.1, 0.15) is 11.6 Å². The molecule has 2 rings (SSSR count). The van der Waals surface area contributed by atoms with Crippen LogP contribution in [0.1, 0.15) is 9.75 Å². The number of benzene rings is 1. The molecule has 0 saturated heterocycles. The summed E-state index contributed by atoms with van der Waals surface area (Å²) in [5, 5.41) is 12.3. The Labute approximate surface area is 136 Å². The maximum absolute atomic E-state index is 12.1. The van der Waals surface area contributed by atoms with Crippen molar-refractivity contribution >= 4 is 52.2 Å². The fourth-order valence-electron chi connectivity index (χ4n) is 1.61. The largest absolute Gasteiger partial charge is 0.320 e. The zero-order valence-electron chi connectivity index (χ0n) is 11.0. The van der Waals surface area contributed by atoms with Crippen molar-refractivity contribution in [3.8, 4) is 6.07 Å². The van der Waals surface area contributed by atoms with Crippen molar-refractivity contribution in [2.75, 3.05) is 5.32 Å². The highest BCUT2D eigenvalue weighted by Crippen LogP contribution is 2.30. The Morgan fingerprint density at radius 2 is 2.10 bits per heavy atom. The molecule has 0 aliphatic rings. The standard InChI is InChI=1S/C15H10Cl2N2OS/c1-9-5-6-11(21-9)7-10(8-18)15(20)19-13-4-2-3-12(16)14(13)17/h2-7H,1H3,(H,19,20)/b10-7+. The van der Waals surface area contributed by atoms with Crippen LogP contribution in [0.25, 0.3) is 6.08 Å². The summed E-state index contributed by atoms with van der Waals surface area (Å²) in [5.41, 5.74) is 0.380. The molecule has 1 amide bonds. The van der Waals surface area contributed by atoms with Gasteiger partial charge in [0.2, 0.25) is 0 Å². The normalized spacial score (nSPS) is 11.0. The van der Waals surface area contributed by atoms with Crippen LogP contribution in [0.5, 0.6) is 0 Å². The Hall–Kier alpha value is -1.80. The molecule has 106 valence electrons. The Morgan fingerprint density at radius 1 is 1.33 bits per heavy atom. The molecule has 2 aromatic rings. The van der Waals surface area contributed by atoms with Gasteiger partial charge >= 0.3 is 0 Å². The molecule has 0 unspecified atom stereocenters. The second-order valence-electron chi connectivity index (χ2n) is 4.17. The highest BCUT2D eigenvalue weighted by molar-refractivity contribution is 7.12. The van der Waals surface area contributed by atoms with Gasteiger partial charge in [-0.15, -0.1) is 11.3 Å². The molecule has 0 fully saturated rings. The first kappa shape index (κ1) is 15.6. The fraction of sp³-hybridized carbons (Fsp3) is 0.0667. The van der Waals surface area contributed by atoms with Gasteiger partial charge in [-0.05, 0) is 37.3 Å². The van der Waals surface area contributed by atoms with Gasteiger partial charge < -0.3 is 5.32 Å². The predicted octanol–water partition coefficient (Wildman–Crippen LogP) is 4.91. The second-order valence-corrected chi connectivity index (χ2v) is 6.28. The topological polar surface area (TPSA) is 52.9 Å². The van der Waals surface area contributed by atoms with Crippen LogP contribution in [0.2, 0.25) is 10.0 Å². The Kier molecular flexibility index (Phi) is 5.03. The summed E-state index contributed by atoms with van der Waals surface area (Å²) >= 11 is 13.4. The molecular formula is C15H10Cl2N2OS. The van der Waals surface area contributed by atoms with Gasteiger partial charge in [-0.3, -0.25) is 4.79 Å². The molecule has 1 N–H and O–H groups in total. The van der Waals surface area contributed by atoms with Crippen molar-refractivity contribution in [1.29, 1.82) is 5.26 Å². The molecule has 1 aromatic heterocycles. The molecular weight excluding hydrogens is 327 g/mol. The van der Waals surface area contributed by atoms with Gasteiger partial charge in [-0.25, -0.2) is 0 Å². The molecule has 0 saturated carbocycles. The number of aryl methyl sites for hydroxylation is 1. The van der Waals surface area contributed by atoms with Crippen molar-refractivity contribution < 1.29 is 4.79 Å². The van der Waals surface area contributed by atoms with E-state index in [9.17, 15) is 4.79 Å². The van der Waals surface area contributed by atoms with Gasteiger partial charge in [0, 0.05) is 9.75 Å². The van der Waals surface area contributed by atoms with E-state index in [0.717, 1.165) is 9.75 Å². The monoisotopic (exact) mass is 336 g/mol. The summed E-state index contributed by atoms with van der Waals surface area (Å²) in [6.45, 7) is 1.96. The van der Waals surface area contributed by atoms with Gasteiger partial charge in [0.25, 0.3) is 5.91 Å². The fourth-order valence-corrected chi connectivity index (χ4v) is 2.78. The molecule has 0 radical (unpaired) electrons. The van der Waals surface area contributed by atoms with Crippen molar-refractivity contribution in [2.45, 2.75) is 6.92 Å². The summed E-state index contributed by atoms with van der Waals surface area (Å²) in [6.07, 6.45) is 1.55. The Balaban J connectivity index is 2.24. The molecule has 1 heterocycles. The Morgan fingerprint density at radius 3 is 2.71 bits per heavy atom. The minimum Gasteiger partial charge on any atom is -0.320 e. The molecule has 21 heavy (non-hydrogen) atoms. The van der Waals surface area contributed by atoms with E-state index in [1.54, 1.807) is 24.3 Å². The van der Waals surface area contributed by atoms with Crippen molar-refractivity contribution in [3.05, 3.63) is 55.7 Å². The van der Waals surface area contributed by atoms with Crippen molar-refractivity contribution in [1.82, 2.24) is 0 Å². The zero-order valence-corrected chi connectivity index (χ0v) is 13.3. The molecule has 3 nitrogen and oxygen atoms in total. The lowest BCUT2D eigenvalue weighted by molar-refractivity contribution is -0.112. The average molecular weight is 337 g/mol. The van der Waals surface area contributed by atoms with Crippen LogP contribution in [0, 0.1) is 18.3 Å². The molecule has 0 bridgehead atoms. The van der Waals surface area contributed by atoms with Crippen LogP contribution < -0.4 is 5.32 Å². The van der Waals surface area contributed by atoms with Crippen LogP contribution in [0.3, 0.4) is 0 Å². The first-order valence-corrected chi connectivity index (χ1v) is 7.52. The second kappa shape index (κ2) is 6.77. The van der Waals surface area contributed by atoms with Gasteiger partial charge in [-0.1, -0.05) is 29.3 Å². The van der Waals surface area contributed by atoms with Gasteiger partial charge in [0.05, 0.1) is 15.7 Å². The Bertz CT molecular complexity index is 759. The van der Waals surface area contributed by atoms with E-state index in [1.165, 1.54) is 11.3 Å². The minimum absolute atomic E-state index is 0.00731. The third-order valence-electron chi connectivity index (χ3n) is 2.61. The number of hydrogen-bond acceptors (Lipinski definition) is 3. The van der Waals surface area contributed by atoms with Gasteiger partial charge in [0.15, 0.2) is 0 Å². The quantitative estimate of drug-likeness (QED) is 0.639. The summed E-state index contributed by atoms with van der Waals surface area (Å²) in [4.78, 5) is 14.1. The number of nitriles is 1.